The van der Waals surface area contributed by atoms with E-state index in [1.54, 1.807) is 25.3 Å². The molecule has 5 heteroatoms. The average Bonchev–Trinajstić information content (AvgIpc) is 2.47. The van der Waals surface area contributed by atoms with E-state index in [2.05, 4.69) is 6.07 Å². The summed E-state index contributed by atoms with van der Waals surface area (Å²) in [6.45, 7) is 3.84. The number of nitrogens with zero attached hydrogens (tertiary/aromatic N) is 1. The van der Waals surface area contributed by atoms with E-state index in [1.807, 2.05) is 13.8 Å². The number of benzene rings is 1. The van der Waals surface area contributed by atoms with Crippen LogP contribution >= 0.6 is 0 Å². The highest BCUT2D eigenvalue weighted by Crippen LogP contribution is 2.40. The molecule has 0 heterocycles. The Morgan fingerprint density at radius 3 is 2.38 bits per heavy atom. The number of carbonyl (C=O) groups is 1. The molecule has 1 aromatic rings. The van der Waals surface area contributed by atoms with Crippen molar-refractivity contribution in [3.8, 4) is 17.6 Å². The van der Waals surface area contributed by atoms with Gasteiger partial charge in [-0.15, -0.1) is 0 Å². The molecule has 0 bridgehead atoms. The van der Waals surface area contributed by atoms with E-state index < -0.39 is 11.4 Å². The first-order valence-corrected chi connectivity index (χ1v) is 6.76. The first-order valence-electron chi connectivity index (χ1n) is 6.76. The van der Waals surface area contributed by atoms with Crippen LogP contribution in [0.15, 0.2) is 18.2 Å². The molecule has 0 aliphatic carbocycles. The predicted octanol–water partition coefficient (Wildman–Crippen LogP) is 2.99. The number of methoxy groups -OCH3 is 2. The van der Waals surface area contributed by atoms with Crippen LogP contribution in [0.5, 0.6) is 11.5 Å². The van der Waals surface area contributed by atoms with Crippen LogP contribution in [-0.4, -0.2) is 25.3 Å². The predicted molar refractivity (Wildman–Crippen MR) is 78.5 cm³/mol. The summed E-state index contributed by atoms with van der Waals surface area (Å²) in [6.07, 6.45) is 0.200. The molecule has 0 aliphatic rings. The summed E-state index contributed by atoms with van der Waals surface area (Å²) in [5, 5.41) is 18.6. The molecule has 0 spiro atoms. The third kappa shape index (κ3) is 3.46. The van der Waals surface area contributed by atoms with Crippen LogP contribution in [0.1, 0.15) is 32.3 Å². The Balaban J connectivity index is 3.32. The fourth-order valence-electron chi connectivity index (χ4n) is 2.43. The van der Waals surface area contributed by atoms with Crippen molar-refractivity contribution < 1.29 is 19.4 Å². The second kappa shape index (κ2) is 6.98. The van der Waals surface area contributed by atoms with Crippen molar-refractivity contribution in [1.29, 1.82) is 5.26 Å². The Bertz CT molecular complexity index is 548. The van der Waals surface area contributed by atoms with Crippen LogP contribution in [0, 0.1) is 17.2 Å². The normalized spacial score (nSPS) is 13.3. The fourth-order valence-corrected chi connectivity index (χ4v) is 2.43. The highest BCUT2D eigenvalue weighted by atomic mass is 16.5. The summed E-state index contributed by atoms with van der Waals surface area (Å²) in [6, 6.07) is 7.61. The maximum Gasteiger partial charge on any atom is 0.303 e. The summed E-state index contributed by atoms with van der Waals surface area (Å²) < 4.78 is 10.5. The lowest BCUT2D eigenvalue weighted by Gasteiger charge is -2.31. The highest BCUT2D eigenvalue weighted by molar-refractivity contribution is 5.67. The van der Waals surface area contributed by atoms with Crippen LogP contribution < -0.4 is 9.47 Å². The van der Waals surface area contributed by atoms with Crippen LogP contribution in [-0.2, 0) is 10.2 Å². The number of carboxylic acid groups (broad SMARTS) is 1. The Morgan fingerprint density at radius 2 is 1.95 bits per heavy atom. The van der Waals surface area contributed by atoms with E-state index in [9.17, 15) is 10.1 Å². The molecule has 1 N–H and O–H groups in total. The Kier molecular flexibility index (Phi) is 5.60. The maximum atomic E-state index is 10.9. The van der Waals surface area contributed by atoms with Gasteiger partial charge in [-0.1, -0.05) is 19.9 Å². The Hall–Kier alpha value is -2.22. The minimum absolute atomic E-state index is 0.0278. The molecule has 0 saturated carbocycles. The van der Waals surface area contributed by atoms with Gasteiger partial charge in [0.25, 0.3) is 0 Å². The third-order valence-corrected chi connectivity index (χ3v) is 3.82. The van der Waals surface area contributed by atoms with Crippen molar-refractivity contribution in [3.05, 3.63) is 23.8 Å². The summed E-state index contributed by atoms with van der Waals surface area (Å²) in [5.74, 6) is 0.177. The van der Waals surface area contributed by atoms with Gasteiger partial charge >= 0.3 is 5.97 Å². The number of hydrogen-bond acceptors (Lipinski definition) is 4. The van der Waals surface area contributed by atoms with E-state index in [-0.39, 0.29) is 18.8 Å². The minimum Gasteiger partial charge on any atom is -0.493 e. The Labute approximate surface area is 125 Å². The minimum atomic E-state index is -0.907. The molecule has 0 aromatic heterocycles. The number of ether oxygens (including phenoxy) is 2. The van der Waals surface area contributed by atoms with Gasteiger partial charge in [-0.25, -0.2) is 0 Å². The molecular formula is C16H21NO4. The van der Waals surface area contributed by atoms with Crippen molar-refractivity contribution in [2.75, 3.05) is 14.2 Å². The fraction of sp³-hybridized carbons (Fsp3) is 0.500. The van der Waals surface area contributed by atoms with Gasteiger partial charge in [0.2, 0.25) is 0 Å². The van der Waals surface area contributed by atoms with E-state index in [0.29, 0.717) is 11.5 Å². The summed E-state index contributed by atoms with van der Waals surface area (Å²) in [7, 11) is 3.07. The Morgan fingerprint density at radius 1 is 1.33 bits per heavy atom. The molecular weight excluding hydrogens is 270 g/mol. The molecule has 0 radical (unpaired) electrons. The number of carboxylic acids is 1. The molecule has 114 valence electrons. The number of nitriles is 1. The molecule has 0 amide bonds. The second-order valence-electron chi connectivity index (χ2n) is 5.20. The molecule has 1 unspecified atom stereocenters. The summed E-state index contributed by atoms with van der Waals surface area (Å²) in [5.41, 5.74) is -0.114. The lowest BCUT2D eigenvalue weighted by Crippen LogP contribution is -2.31. The van der Waals surface area contributed by atoms with Crippen molar-refractivity contribution in [3.63, 3.8) is 0 Å². The highest BCUT2D eigenvalue weighted by Gasteiger charge is 2.37. The van der Waals surface area contributed by atoms with Gasteiger partial charge in [0.15, 0.2) is 11.5 Å². The van der Waals surface area contributed by atoms with Crippen molar-refractivity contribution in [2.45, 2.75) is 32.1 Å². The largest absolute Gasteiger partial charge is 0.493 e. The van der Waals surface area contributed by atoms with Gasteiger partial charge < -0.3 is 14.6 Å². The van der Waals surface area contributed by atoms with Crippen LogP contribution in [0.3, 0.4) is 0 Å². The quantitative estimate of drug-likeness (QED) is 0.835. The summed E-state index contributed by atoms with van der Waals surface area (Å²) in [4.78, 5) is 10.9. The zero-order valence-corrected chi connectivity index (χ0v) is 12.8. The number of hydrogen-bond donors (Lipinski definition) is 1. The van der Waals surface area contributed by atoms with Crippen LogP contribution in [0.25, 0.3) is 0 Å². The molecule has 0 aliphatic heterocycles. The molecule has 0 fully saturated rings. The van der Waals surface area contributed by atoms with Crippen LogP contribution in [0.4, 0.5) is 0 Å². The second-order valence-corrected chi connectivity index (χ2v) is 5.20. The van der Waals surface area contributed by atoms with E-state index >= 15 is 0 Å². The van der Waals surface area contributed by atoms with E-state index in [4.69, 9.17) is 14.6 Å². The number of rotatable bonds is 7. The van der Waals surface area contributed by atoms with Crippen molar-refractivity contribution in [2.24, 2.45) is 5.92 Å². The van der Waals surface area contributed by atoms with Gasteiger partial charge in [0.1, 0.15) is 0 Å². The summed E-state index contributed by atoms with van der Waals surface area (Å²) >= 11 is 0. The van der Waals surface area contributed by atoms with Crippen molar-refractivity contribution >= 4 is 5.97 Å². The topological polar surface area (TPSA) is 79.5 Å². The molecule has 1 atom stereocenters. The van der Waals surface area contributed by atoms with Crippen LogP contribution in [0.2, 0.25) is 0 Å². The monoisotopic (exact) mass is 291 g/mol. The standard InChI is InChI=1S/C16H21NO4/c1-11(2)16(10-17,8-7-15(18)19)12-5-6-13(20-3)14(9-12)21-4/h5-6,9,11H,7-8H2,1-4H3,(H,18,19). The molecule has 21 heavy (non-hydrogen) atoms. The smallest absolute Gasteiger partial charge is 0.303 e. The number of aliphatic carboxylic acids is 1. The lowest BCUT2D eigenvalue weighted by molar-refractivity contribution is -0.137. The average molecular weight is 291 g/mol. The van der Waals surface area contributed by atoms with Crippen molar-refractivity contribution in [1.82, 2.24) is 0 Å². The molecule has 0 saturated heterocycles. The van der Waals surface area contributed by atoms with Gasteiger partial charge in [0.05, 0.1) is 25.7 Å². The molecule has 1 aromatic carbocycles. The first kappa shape index (κ1) is 16.8. The van der Waals surface area contributed by atoms with Gasteiger partial charge in [-0.3, -0.25) is 4.79 Å². The zero-order chi connectivity index (χ0) is 16.0. The van der Waals surface area contributed by atoms with Gasteiger partial charge in [-0.2, -0.15) is 5.26 Å². The first-order chi connectivity index (χ1) is 9.91. The van der Waals surface area contributed by atoms with E-state index in [1.165, 1.54) is 7.11 Å². The third-order valence-electron chi connectivity index (χ3n) is 3.82. The SMILES string of the molecule is COc1ccc(C(C#N)(CCC(=O)O)C(C)C)cc1OC. The molecule has 5 nitrogen and oxygen atoms in total. The maximum absolute atomic E-state index is 10.9. The van der Waals surface area contributed by atoms with Gasteiger partial charge in [0, 0.05) is 6.42 Å². The van der Waals surface area contributed by atoms with Gasteiger partial charge in [-0.05, 0) is 30.0 Å². The lowest BCUT2D eigenvalue weighted by atomic mass is 9.70. The zero-order valence-electron chi connectivity index (χ0n) is 12.8. The van der Waals surface area contributed by atoms with E-state index in [0.717, 1.165) is 5.56 Å². The molecule has 1 rings (SSSR count).